The molecule has 0 aliphatic rings. The molecular weight excluding hydrogens is 589 g/mol. The van der Waals surface area contributed by atoms with Crippen molar-refractivity contribution in [1.29, 1.82) is 0 Å². The van der Waals surface area contributed by atoms with E-state index in [0.29, 0.717) is 11.3 Å². The molecule has 218 valence electrons. The number of aliphatic carboxylic acids is 1. The summed E-state index contributed by atoms with van der Waals surface area (Å²) < 4.78 is 4.93. The zero-order valence-corrected chi connectivity index (χ0v) is 23.6. The lowest BCUT2D eigenvalue weighted by molar-refractivity contribution is -0.141. The molecule has 0 saturated carbocycles. The molecule has 13 heteroatoms. The second-order valence-corrected chi connectivity index (χ2v) is 9.67. The molecule has 3 rings (SSSR count). The first kappa shape index (κ1) is 31.8. The van der Waals surface area contributed by atoms with Gasteiger partial charge in [0.1, 0.15) is 12.1 Å². The third-order valence-corrected chi connectivity index (χ3v) is 6.43. The van der Waals surface area contributed by atoms with E-state index < -0.39 is 60.6 Å². The Morgan fingerprint density at radius 1 is 0.810 bits per heavy atom. The largest absolute Gasteiger partial charge is 0.481 e. The molecule has 3 amide bonds. The molecule has 4 N–H and O–H groups in total. The topological polar surface area (TPSA) is 168 Å². The van der Waals surface area contributed by atoms with Gasteiger partial charge in [0, 0.05) is 11.3 Å². The maximum absolute atomic E-state index is 12.7. The van der Waals surface area contributed by atoms with Crippen LogP contribution in [-0.2, 0) is 28.7 Å². The van der Waals surface area contributed by atoms with Crippen LogP contribution in [0.15, 0.2) is 72.8 Å². The minimum absolute atomic E-state index is 0.0208. The van der Waals surface area contributed by atoms with Gasteiger partial charge in [-0.2, -0.15) is 0 Å². The predicted molar refractivity (Wildman–Crippen MR) is 154 cm³/mol. The average Bonchev–Trinajstić information content (AvgIpc) is 2.95. The lowest BCUT2D eigenvalue weighted by atomic mass is 10.0. The van der Waals surface area contributed by atoms with Gasteiger partial charge in [0.25, 0.3) is 0 Å². The number of hydrogen-bond donors (Lipinski definition) is 4. The summed E-state index contributed by atoms with van der Waals surface area (Å²) in [6.45, 7) is 0.336. The Kier molecular flexibility index (Phi) is 11.2. The van der Waals surface area contributed by atoms with Crippen LogP contribution in [0.3, 0.4) is 0 Å². The predicted octanol–water partition coefficient (Wildman–Crippen LogP) is 3.49. The van der Waals surface area contributed by atoms with Crippen LogP contribution < -0.4 is 16.0 Å². The number of Topliss-reactive ketones (excluding diaryl/α,β-unsaturated/α-hetero) is 1. The molecule has 0 radical (unpaired) electrons. The third-order valence-electron chi connectivity index (χ3n) is 5.80. The summed E-state index contributed by atoms with van der Waals surface area (Å²) >= 11 is 11.9. The molecule has 2 atom stereocenters. The molecule has 0 bridgehead atoms. The van der Waals surface area contributed by atoms with Crippen molar-refractivity contribution < 1.29 is 38.6 Å². The van der Waals surface area contributed by atoms with Crippen molar-refractivity contribution in [3.8, 4) is 11.1 Å². The molecule has 11 nitrogen and oxygen atoms in total. The fourth-order valence-corrected chi connectivity index (χ4v) is 4.24. The van der Waals surface area contributed by atoms with E-state index in [1.807, 2.05) is 30.3 Å². The number of carbonyl (C=O) groups excluding carboxylic acids is 5. The number of ketones is 1. The van der Waals surface area contributed by atoms with Crippen molar-refractivity contribution in [3.63, 3.8) is 0 Å². The number of esters is 1. The number of benzene rings is 3. The summed E-state index contributed by atoms with van der Waals surface area (Å²) in [5.74, 6) is -6.56. The summed E-state index contributed by atoms with van der Waals surface area (Å²) in [4.78, 5) is 74.1. The van der Waals surface area contributed by atoms with Crippen LogP contribution in [-0.4, -0.2) is 59.2 Å². The lowest BCUT2D eigenvalue weighted by Crippen LogP contribution is -2.53. The van der Waals surface area contributed by atoms with Gasteiger partial charge in [-0.1, -0.05) is 77.8 Å². The van der Waals surface area contributed by atoms with Crippen LogP contribution in [0.5, 0.6) is 0 Å². The van der Waals surface area contributed by atoms with Gasteiger partial charge in [-0.25, -0.2) is 4.79 Å². The molecule has 0 aliphatic carbocycles. The van der Waals surface area contributed by atoms with Gasteiger partial charge in [-0.15, -0.1) is 0 Å². The van der Waals surface area contributed by atoms with Crippen LogP contribution in [0, 0.1) is 0 Å². The van der Waals surface area contributed by atoms with Crippen molar-refractivity contribution in [2.24, 2.45) is 0 Å². The Morgan fingerprint density at radius 2 is 1.43 bits per heavy atom. The second-order valence-electron chi connectivity index (χ2n) is 8.86. The van der Waals surface area contributed by atoms with E-state index in [4.69, 9.17) is 27.9 Å². The summed E-state index contributed by atoms with van der Waals surface area (Å²) in [6.07, 6.45) is -0.841. The highest BCUT2D eigenvalue weighted by Gasteiger charge is 2.29. The number of ether oxygens (including phenoxy) is 1. The Hall–Kier alpha value is -4.74. The maximum Gasteiger partial charge on any atom is 0.341 e. The maximum atomic E-state index is 12.7. The van der Waals surface area contributed by atoms with Crippen molar-refractivity contribution >= 4 is 64.3 Å². The number of halogens is 2. The first-order chi connectivity index (χ1) is 20.0. The molecule has 3 aromatic carbocycles. The Labute approximate surface area is 250 Å². The molecular formula is C29H25Cl2N3O8. The molecule has 0 aromatic heterocycles. The number of rotatable bonds is 11. The zero-order valence-electron chi connectivity index (χ0n) is 22.1. The molecule has 0 fully saturated rings. The number of anilines is 1. The van der Waals surface area contributed by atoms with E-state index >= 15 is 0 Å². The van der Waals surface area contributed by atoms with Gasteiger partial charge in [-0.05, 0) is 30.7 Å². The quantitative estimate of drug-likeness (QED) is 0.188. The number of carboxylic acids is 1. The van der Waals surface area contributed by atoms with Gasteiger partial charge in [0.2, 0.25) is 5.91 Å². The fraction of sp³-hybridized carbons (Fsp3) is 0.172. The molecule has 0 spiro atoms. The number of amides is 3. The third kappa shape index (κ3) is 8.63. The van der Waals surface area contributed by atoms with E-state index in [-0.39, 0.29) is 15.6 Å². The van der Waals surface area contributed by atoms with Crippen LogP contribution in [0.25, 0.3) is 11.1 Å². The molecule has 0 aliphatic heterocycles. The molecule has 0 heterocycles. The van der Waals surface area contributed by atoms with Crippen molar-refractivity contribution in [1.82, 2.24) is 10.6 Å². The van der Waals surface area contributed by atoms with Crippen molar-refractivity contribution in [2.45, 2.75) is 25.4 Å². The number of hydrogen-bond acceptors (Lipinski definition) is 7. The summed E-state index contributed by atoms with van der Waals surface area (Å²) in [6, 6.07) is 17.3. The summed E-state index contributed by atoms with van der Waals surface area (Å²) in [5.41, 5.74) is 1.64. The lowest BCUT2D eigenvalue weighted by Gasteiger charge is -2.20. The Morgan fingerprint density at radius 3 is 2.07 bits per heavy atom. The molecule has 3 aromatic rings. The normalized spacial score (nSPS) is 11.9. The van der Waals surface area contributed by atoms with Crippen molar-refractivity contribution in [3.05, 3.63) is 88.4 Å². The van der Waals surface area contributed by atoms with E-state index in [1.54, 1.807) is 24.3 Å². The van der Waals surface area contributed by atoms with E-state index in [9.17, 15) is 33.9 Å². The first-order valence-electron chi connectivity index (χ1n) is 12.4. The van der Waals surface area contributed by atoms with E-state index in [0.717, 1.165) is 5.56 Å². The van der Waals surface area contributed by atoms with E-state index in [1.165, 1.54) is 25.1 Å². The smallest absolute Gasteiger partial charge is 0.341 e. The highest BCUT2D eigenvalue weighted by molar-refractivity contribution is 6.40. The summed E-state index contributed by atoms with van der Waals surface area (Å²) in [5, 5.41) is 16.1. The molecule has 0 saturated heterocycles. The van der Waals surface area contributed by atoms with Crippen LogP contribution in [0.4, 0.5) is 5.69 Å². The van der Waals surface area contributed by atoms with E-state index in [2.05, 4.69) is 16.0 Å². The molecule has 0 unspecified atom stereocenters. The summed E-state index contributed by atoms with van der Waals surface area (Å²) in [7, 11) is 0. The highest BCUT2D eigenvalue weighted by atomic mass is 35.5. The van der Waals surface area contributed by atoms with Crippen LogP contribution in [0.1, 0.15) is 23.7 Å². The van der Waals surface area contributed by atoms with Gasteiger partial charge in [0.15, 0.2) is 12.4 Å². The van der Waals surface area contributed by atoms with Crippen LogP contribution >= 0.6 is 23.2 Å². The fourth-order valence-electron chi connectivity index (χ4n) is 3.69. The Bertz CT molecular complexity index is 1490. The molecule has 42 heavy (non-hydrogen) atoms. The van der Waals surface area contributed by atoms with Gasteiger partial charge in [-0.3, -0.25) is 24.0 Å². The van der Waals surface area contributed by atoms with Gasteiger partial charge in [0.05, 0.1) is 22.0 Å². The second kappa shape index (κ2) is 14.8. The zero-order chi connectivity index (χ0) is 30.8. The monoisotopic (exact) mass is 613 g/mol. The standard InChI is InChI=1S/C29H25Cl2N3O8/c1-16(32-27(39)28(40)33-21-13-6-5-10-18(21)17-8-3-2-4-9-17)26(38)34-22(14-24(36)37)23(35)15-42-29(41)25-19(30)11-7-12-20(25)31/h2-13,16,22H,14-15H2,1H3,(H,32,39)(H,33,40)(H,34,38)(H,36,37)/t16-,22-/m0/s1. The van der Waals surface area contributed by atoms with Crippen molar-refractivity contribution in [2.75, 3.05) is 11.9 Å². The number of carbonyl (C=O) groups is 6. The highest BCUT2D eigenvalue weighted by Crippen LogP contribution is 2.27. The first-order valence-corrected chi connectivity index (χ1v) is 13.2. The minimum atomic E-state index is -1.62. The van der Waals surface area contributed by atoms with Gasteiger partial charge >= 0.3 is 23.8 Å². The number of nitrogens with one attached hydrogen (secondary N) is 3. The SMILES string of the molecule is C[C@H](NC(=O)C(=O)Nc1ccccc1-c1ccccc1)C(=O)N[C@@H](CC(=O)O)C(=O)COC(=O)c1c(Cl)cccc1Cl. The average molecular weight is 614 g/mol. The van der Waals surface area contributed by atoms with Crippen LogP contribution in [0.2, 0.25) is 10.0 Å². The van der Waals surface area contributed by atoms with Gasteiger partial charge < -0.3 is 25.8 Å². The Balaban J connectivity index is 1.60. The number of para-hydroxylation sites is 1. The number of carboxylic acid groups (broad SMARTS) is 1. The minimum Gasteiger partial charge on any atom is -0.481 e.